The second-order valence-electron chi connectivity index (χ2n) is 14.1. The zero-order valence-electron chi connectivity index (χ0n) is 28.5. The fraction of sp³-hybridized carbons (Fsp3) is 0.500. The van der Waals surface area contributed by atoms with Crippen LogP contribution in [0.2, 0.25) is 18.1 Å². The fourth-order valence-electron chi connectivity index (χ4n) is 6.12. The van der Waals surface area contributed by atoms with E-state index in [4.69, 9.17) is 9.41 Å². The molecule has 2 aliphatic heterocycles. The Hall–Kier alpha value is -3.94. The SMILES string of the molecule is Cc1nc(C)c(C(=O)N2CCN(c3ccccn3)[C@@H](CO[Si](C)(C)C(C)(C)C)C2)cc1NC1CCN(c2ccccc2C#N)CC1. The van der Waals surface area contributed by atoms with Crippen LogP contribution in [0.5, 0.6) is 0 Å². The summed E-state index contributed by atoms with van der Waals surface area (Å²) in [6, 6.07) is 18.4. The largest absolute Gasteiger partial charge is 0.415 e. The van der Waals surface area contributed by atoms with Crippen LogP contribution < -0.4 is 15.1 Å². The number of piperazine rings is 1. The minimum absolute atomic E-state index is 0.00520. The highest BCUT2D eigenvalue weighted by Gasteiger charge is 2.39. The van der Waals surface area contributed by atoms with Crippen LogP contribution in [-0.4, -0.2) is 80.5 Å². The highest BCUT2D eigenvalue weighted by molar-refractivity contribution is 6.74. The number of hydrogen-bond acceptors (Lipinski definition) is 8. The van der Waals surface area contributed by atoms with E-state index < -0.39 is 8.32 Å². The number of anilines is 3. The Morgan fingerprint density at radius 2 is 1.76 bits per heavy atom. The summed E-state index contributed by atoms with van der Waals surface area (Å²) >= 11 is 0. The molecule has 0 bridgehead atoms. The first kappa shape index (κ1) is 33.4. The van der Waals surface area contributed by atoms with Gasteiger partial charge >= 0.3 is 0 Å². The number of para-hydroxylation sites is 1. The van der Waals surface area contributed by atoms with Gasteiger partial charge in [0.2, 0.25) is 0 Å². The quantitative estimate of drug-likeness (QED) is 0.283. The molecule has 5 rings (SSSR count). The zero-order valence-corrected chi connectivity index (χ0v) is 29.5. The van der Waals surface area contributed by atoms with Crippen molar-refractivity contribution in [2.24, 2.45) is 0 Å². The normalized spacial score (nSPS) is 18.0. The van der Waals surface area contributed by atoms with Crippen molar-refractivity contribution in [2.45, 2.75) is 77.7 Å². The molecular formula is C36H49N7O2Si. The van der Waals surface area contributed by atoms with Crippen molar-refractivity contribution in [1.82, 2.24) is 14.9 Å². The van der Waals surface area contributed by atoms with Crippen LogP contribution in [0.25, 0.3) is 0 Å². The summed E-state index contributed by atoms with van der Waals surface area (Å²) in [5.41, 5.74) is 4.91. The van der Waals surface area contributed by atoms with Crippen molar-refractivity contribution in [1.29, 1.82) is 5.26 Å². The van der Waals surface area contributed by atoms with E-state index in [1.165, 1.54) is 0 Å². The molecular weight excluding hydrogens is 591 g/mol. The average Bonchev–Trinajstić information content (AvgIpc) is 3.05. The highest BCUT2D eigenvalue weighted by atomic mass is 28.4. The van der Waals surface area contributed by atoms with Crippen molar-refractivity contribution in [3.8, 4) is 6.07 Å². The number of piperidine rings is 1. The van der Waals surface area contributed by atoms with E-state index in [9.17, 15) is 10.1 Å². The van der Waals surface area contributed by atoms with Gasteiger partial charge in [-0.2, -0.15) is 5.26 Å². The van der Waals surface area contributed by atoms with E-state index in [1.807, 2.05) is 73.5 Å². The lowest BCUT2D eigenvalue weighted by Crippen LogP contribution is -2.58. The lowest BCUT2D eigenvalue weighted by atomic mass is 10.0. The molecule has 2 aromatic heterocycles. The number of rotatable bonds is 8. The van der Waals surface area contributed by atoms with E-state index in [1.54, 1.807) is 0 Å². The molecule has 2 saturated heterocycles. The number of nitriles is 1. The number of pyridine rings is 2. The molecule has 4 heterocycles. The number of aromatic nitrogens is 2. The molecule has 0 aliphatic carbocycles. The average molecular weight is 640 g/mol. The molecule has 1 amide bonds. The summed E-state index contributed by atoms with van der Waals surface area (Å²) in [6.45, 7) is 19.3. The summed E-state index contributed by atoms with van der Waals surface area (Å²) in [4.78, 5) is 30.2. The van der Waals surface area contributed by atoms with E-state index in [0.29, 0.717) is 37.4 Å². The van der Waals surface area contributed by atoms with Gasteiger partial charge in [0.05, 0.1) is 46.5 Å². The summed E-state index contributed by atoms with van der Waals surface area (Å²) in [7, 11) is -1.99. The van der Waals surface area contributed by atoms with Crippen LogP contribution in [0.15, 0.2) is 54.7 Å². The molecule has 2 aliphatic rings. The predicted molar refractivity (Wildman–Crippen MR) is 188 cm³/mol. The summed E-state index contributed by atoms with van der Waals surface area (Å²) in [5, 5.41) is 13.3. The number of hydrogen-bond donors (Lipinski definition) is 1. The molecule has 1 aromatic carbocycles. The molecule has 9 nitrogen and oxygen atoms in total. The third-order valence-electron chi connectivity index (χ3n) is 10.0. The maximum Gasteiger partial charge on any atom is 0.255 e. The van der Waals surface area contributed by atoms with Crippen LogP contribution in [0.4, 0.5) is 17.2 Å². The van der Waals surface area contributed by atoms with Crippen LogP contribution in [0.3, 0.4) is 0 Å². The van der Waals surface area contributed by atoms with Gasteiger partial charge in [0, 0.05) is 45.0 Å². The van der Waals surface area contributed by atoms with Gasteiger partial charge in [-0.1, -0.05) is 39.0 Å². The van der Waals surface area contributed by atoms with E-state index in [0.717, 1.165) is 54.5 Å². The molecule has 0 unspecified atom stereocenters. The number of nitrogens with one attached hydrogen (secondary N) is 1. The number of carbonyl (C=O) groups excluding carboxylic acids is 1. The third-order valence-corrected chi connectivity index (χ3v) is 14.5. The Morgan fingerprint density at radius 1 is 1.04 bits per heavy atom. The number of benzene rings is 1. The molecule has 244 valence electrons. The minimum atomic E-state index is -1.99. The first-order valence-electron chi connectivity index (χ1n) is 16.5. The standard InChI is InChI=1S/C36H49N7O2Si/c1-26-31(22-32(27(2)39-26)40-29-15-18-41(19-16-29)33-13-9-8-12-28(33)23-37)35(44)42-20-21-43(34-14-10-11-17-38-34)30(24-42)25-45-46(6,7)36(3,4)5/h8-14,17,22,29-30,40H,15-16,18-21,24-25H2,1-7H3/t30-/m1/s1. The molecule has 0 radical (unpaired) electrons. The van der Waals surface area contributed by atoms with Gasteiger partial charge in [-0.15, -0.1) is 0 Å². The summed E-state index contributed by atoms with van der Waals surface area (Å²) < 4.78 is 6.70. The van der Waals surface area contributed by atoms with E-state index in [-0.39, 0.29) is 23.0 Å². The maximum atomic E-state index is 14.1. The number of carbonyl (C=O) groups is 1. The van der Waals surface area contributed by atoms with E-state index >= 15 is 0 Å². The lowest BCUT2D eigenvalue weighted by Gasteiger charge is -2.44. The highest BCUT2D eigenvalue weighted by Crippen LogP contribution is 2.37. The second-order valence-corrected chi connectivity index (χ2v) is 19.0. The van der Waals surface area contributed by atoms with Crippen molar-refractivity contribution in [3.05, 3.63) is 77.2 Å². The van der Waals surface area contributed by atoms with Crippen LogP contribution in [0, 0.1) is 25.2 Å². The van der Waals surface area contributed by atoms with Crippen LogP contribution >= 0.6 is 0 Å². The first-order valence-corrected chi connectivity index (χ1v) is 19.4. The van der Waals surface area contributed by atoms with Crippen LogP contribution in [-0.2, 0) is 4.43 Å². The van der Waals surface area contributed by atoms with Crippen LogP contribution in [0.1, 0.15) is 60.9 Å². The smallest absolute Gasteiger partial charge is 0.255 e. The molecule has 3 aromatic rings. The predicted octanol–water partition coefficient (Wildman–Crippen LogP) is 6.40. The number of amides is 1. The van der Waals surface area contributed by atoms with Gasteiger partial charge in [0.15, 0.2) is 8.32 Å². The Labute approximate surface area is 275 Å². The molecule has 0 saturated carbocycles. The molecule has 2 fully saturated rings. The summed E-state index contributed by atoms with van der Waals surface area (Å²) in [6.07, 6.45) is 3.69. The molecule has 1 atom stereocenters. The van der Waals surface area contributed by atoms with Gasteiger partial charge in [-0.3, -0.25) is 9.78 Å². The van der Waals surface area contributed by atoms with Crippen molar-refractivity contribution in [3.63, 3.8) is 0 Å². The zero-order chi connectivity index (χ0) is 33.1. The third kappa shape index (κ3) is 7.37. The second kappa shape index (κ2) is 13.8. The Bertz CT molecular complexity index is 1560. The van der Waals surface area contributed by atoms with Gasteiger partial charge < -0.3 is 24.4 Å². The first-order chi connectivity index (χ1) is 21.9. The molecule has 10 heteroatoms. The fourth-order valence-corrected chi connectivity index (χ4v) is 7.16. The minimum Gasteiger partial charge on any atom is -0.415 e. The number of aryl methyl sites for hydroxylation is 2. The van der Waals surface area contributed by atoms with E-state index in [2.05, 4.69) is 60.0 Å². The van der Waals surface area contributed by atoms with Crippen molar-refractivity contribution in [2.75, 3.05) is 54.4 Å². The lowest BCUT2D eigenvalue weighted by molar-refractivity contribution is 0.0699. The van der Waals surface area contributed by atoms with Gasteiger partial charge in [0.1, 0.15) is 11.9 Å². The summed E-state index contributed by atoms with van der Waals surface area (Å²) in [5.74, 6) is 0.925. The van der Waals surface area contributed by atoms with Crippen molar-refractivity contribution >= 4 is 31.4 Å². The molecule has 0 spiro atoms. The van der Waals surface area contributed by atoms with Crippen molar-refractivity contribution < 1.29 is 9.22 Å². The molecule has 46 heavy (non-hydrogen) atoms. The molecule has 1 N–H and O–H groups in total. The Morgan fingerprint density at radius 3 is 2.43 bits per heavy atom. The number of nitrogens with zero attached hydrogens (tertiary/aromatic N) is 6. The van der Waals surface area contributed by atoms with Gasteiger partial charge in [-0.05, 0) is 75.2 Å². The van der Waals surface area contributed by atoms with Gasteiger partial charge in [0.25, 0.3) is 5.91 Å². The Balaban J connectivity index is 1.29. The monoisotopic (exact) mass is 639 g/mol. The Kier molecular flexibility index (Phi) is 10.0. The topological polar surface area (TPSA) is 97.6 Å². The maximum absolute atomic E-state index is 14.1. The van der Waals surface area contributed by atoms with Gasteiger partial charge in [-0.25, -0.2) is 4.98 Å².